The lowest BCUT2D eigenvalue weighted by molar-refractivity contribution is -0.385. The van der Waals surface area contributed by atoms with E-state index in [1.807, 2.05) is 24.3 Å². The van der Waals surface area contributed by atoms with Gasteiger partial charge in [-0.2, -0.15) is 13.2 Å². The van der Waals surface area contributed by atoms with Gasteiger partial charge in [-0.3, -0.25) is 15.1 Å². The lowest BCUT2D eigenvalue weighted by Crippen LogP contribution is -2.36. The predicted octanol–water partition coefficient (Wildman–Crippen LogP) is 5.99. The first-order valence-corrected chi connectivity index (χ1v) is 10.4. The number of alkyl halides is 3. The van der Waals surface area contributed by atoms with E-state index in [0.717, 1.165) is 42.2 Å². The molecule has 1 fully saturated rings. The molecule has 0 aliphatic carbocycles. The molecule has 1 aliphatic heterocycles. The van der Waals surface area contributed by atoms with Crippen molar-refractivity contribution in [1.29, 1.82) is 0 Å². The Labute approximate surface area is 193 Å². The van der Waals surface area contributed by atoms with Crippen LogP contribution in [0.1, 0.15) is 11.1 Å². The Morgan fingerprint density at radius 2 is 1.68 bits per heavy atom. The Morgan fingerprint density at radius 3 is 2.29 bits per heavy atom. The van der Waals surface area contributed by atoms with Crippen molar-refractivity contribution in [3.63, 3.8) is 0 Å². The lowest BCUT2D eigenvalue weighted by atomic mass is 10.2. The minimum Gasteiger partial charge on any atom is -0.450 e. The molecule has 3 aromatic carbocycles. The molecule has 4 rings (SSSR count). The first kappa shape index (κ1) is 23.2. The SMILES string of the molecule is O=[N+]([O-])c1cc(C(F)(F)F)ccc1Oc1ccc(C=Nc2ccc(N3CCOCC3)cc2)cc1. The molecule has 1 heterocycles. The van der Waals surface area contributed by atoms with Crippen LogP contribution < -0.4 is 9.64 Å². The van der Waals surface area contributed by atoms with Gasteiger partial charge in [-0.25, -0.2) is 0 Å². The monoisotopic (exact) mass is 471 g/mol. The molecular weight excluding hydrogens is 451 g/mol. The molecule has 0 radical (unpaired) electrons. The summed E-state index contributed by atoms with van der Waals surface area (Å²) in [7, 11) is 0. The predicted molar refractivity (Wildman–Crippen MR) is 121 cm³/mol. The Kier molecular flexibility index (Phi) is 6.78. The number of morpholine rings is 1. The normalized spacial score (nSPS) is 14.4. The third-order valence-electron chi connectivity index (χ3n) is 5.18. The highest BCUT2D eigenvalue weighted by Gasteiger charge is 2.33. The van der Waals surface area contributed by atoms with Crippen LogP contribution in [0.5, 0.6) is 11.5 Å². The van der Waals surface area contributed by atoms with E-state index in [9.17, 15) is 23.3 Å². The van der Waals surface area contributed by atoms with Crippen LogP contribution in [0.15, 0.2) is 71.7 Å². The summed E-state index contributed by atoms with van der Waals surface area (Å²) in [6, 6.07) is 16.5. The molecule has 0 bridgehead atoms. The Hall–Kier alpha value is -3.92. The molecule has 3 aromatic rings. The number of nitro groups is 1. The number of aliphatic imine (C=N–C) groups is 1. The summed E-state index contributed by atoms with van der Waals surface area (Å²) in [6.07, 6.45) is -3.03. The van der Waals surface area contributed by atoms with Crippen LogP contribution in [-0.4, -0.2) is 37.4 Å². The van der Waals surface area contributed by atoms with E-state index >= 15 is 0 Å². The average molecular weight is 471 g/mol. The summed E-state index contributed by atoms with van der Waals surface area (Å²) in [6.45, 7) is 3.14. The number of anilines is 1. The van der Waals surface area contributed by atoms with Crippen LogP contribution in [0.3, 0.4) is 0 Å². The zero-order chi connectivity index (χ0) is 24.1. The molecule has 0 aromatic heterocycles. The van der Waals surface area contributed by atoms with Crippen LogP contribution in [0.2, 0.25) is 0 Å². The highest BCUT2D eigenvalue weighted by Crippen LogP contribution is 2.37. The number of hydrogen-bond donors (Lipinski definition) is 0. The third-order valence-corrected chi connectivity index (χ3v) is 5.18. The van der Waals surface area contributed by atoms with Gasteiger partial charge in [0.25, 0.3) is 0 Å². The highest BCUT2D eigenvalue weighted by atomic mass is 19.4. The van der Waals surface area contributed by atoms with Crippen molar-refractivity contribution in [3.05, 3.63) is 88.0 Å². The van der Waals surface area contributed by atoms with E-state index in [4.69, 9.17) is 9.47 Å². The molecule has 0 amide bonds. The van der Waals surface area contributed by atoms with Crippen molar-refractivity contribution in [2.24, 2.45) is 4.99 Å². The minimum absolute atomic E-state index is 0.245. The van der Waals surface area contributed by atoms with Gasteiger partial charge in [0.15, 0.2) is 0 Å². The molecule has 34 heavy (non-hydrogen) atoms. The number of rotatable bonds is 6. The number of ether oxygens (including phenoxy) is 2. The van der Waals surface area contributed by atoms with Crippen molar-refractivity contribution < 1.29 is 27.6 Å². The fraction of sp³-hybridized carbons (Fsp3) is 0.208. The molecule has 1 saturated heterocycles. The smallest absolute Gasteiger partial charge is 0.416 e. The number of nitrogens with zero attached hydrogens (tertiary/aromatic N) is 3. The van der Waals surface area contributed by atoms with E-state index in [2.05, 4.69) is 9.89 Å². The van der Waals surface area contributed by atoms with Crippen LogP contribution in [0, 0.1) is 10.1 Å². The first-order chi connectivity index (χ1) is 16.3. The maximum atomic E-state index is 12.9. The summed E-state index contributed by atoms with van der Waals surface area (Å²) in [5.74, 6) is -0.0327. The van der Waals surface area contributed by atoms with Crippen molar-refractivity contribution in [2.75, 3.05) is 31.2 Å². The Bertz CT molecular complexity index is 1170. The average Bonchev–Trinajstić information content (AvgIpc) is 2.84. The summed E-state index contributed by atoms with van der Waals surface area (Å²) in [4.78, 5) is 17.0. The van der Waals surface area contributed by atoms with Crippen LogP contribution >= 0.6 is 0 Å². The highest BCUT2D eigenvalue weighted by molar-refractivity contribution is 5.82. The van der Waals surface area contributed by atoms with Crippen LogP contribution in [0.4, 0.5) is 30.2 Å². The maximum Gasteiger partial charge on any atom is 0.416 e. The second-order valence-electron chi connectivity index (χ2n) is 7.48. The molecule has 176 valence electrons. The summed E-state index contributed by atoms with van der Waals surface area (Å²) < 4.78 is 49.4. The van der Waals surface area contributed by atoms with E-state index < -0.39 is 22.4 Å². The van der Waals surface area contributed by atoms with E-state index in [1.54, 1.807) is 30.5 Å². The van der Waals surface area contributed by atoms with Gasteiger partial charge in [-0.05, 0) is 66.2 Å². The van der Waals surface area contributed by atoms with E-state index in [1.165, 1.54) is 0 Å². The number of nitro benzene ring substituents is 1. The molecular formula is C24H20F3N3O4. The molecule has 1 aliphatic rings. The lowest BCUT2D eigenvalue weighted by Gasteiger charge is -2.28. The van der Waals surface area contributed by atoms with Gasteiger partial charge in [-0.1, -0.05) is 0 Å². The zero-order valence-electron chi connectivity index (χ0n) is 17.9. The van der Waals surface area contributed by atoms with Crippen molar-refractivity contribution >= 4 is 23.3 Å². The summed E-state index contributed by atoms with van der Waals surface area (Å²) >= 11 is 0. The van der Waals surface area contributed by atoms with Gasteiger partial charge in [0.05, 0.1) is 29.4 Å². The molecule has 0 N–H and O–H groups in total. The fourth-order valence-corrected chi connectivity index (χ4v) is 3.39. The minimum atomic E-state index is -4.69. The van der Waals surface area contributed by atoms with E-state index in [0.29, 0.717) is 19.3 Å². The standard InChI is InChI=1S/C24H20F3N3O4/c25-24(26,27)18-3-10-23(22(15-18)30(31)32)34-21-8-1-17(2-9-21)16-28-19-4-6-20(7-5-19)29-11-13-33-14-12-29/h1-10,15-16H,11-14H2. The number of benzene rings is 3. The van der Waals surface area contributed by atoms with Gasteiger partial charge in [-0.15, -0.1) is 0 Å². The molecule has 0 saturated carbocycles. The van der Waals surface area contributed by atoms with Crippen molar-refractivity contribution in [2.45, 2.75) is 6.18 Å². The summed E-state index contributed by atoms with van der Waals surface area (Å²) in [5, 5.41) is 11.2. The van der Waals surface area contributed by atoms with Crippen molar-refractivity contribution in [1.82, 2.24) is 0 Å². The zero-order valence-corrected chi connectivity index (χ0v) is 17.9. The molecule has 7 nitrogen and oxygen atoms in total. The summed E-state index contributed by atoms with van der Waals surface area (Å²) in [5.41, 5.74) is 0.766. The van der Waals surface area contributed by atoms with Gasteiger partial charge in [0.1, 0.15) is 5.75 Å². The number of hydrogen-bond acceptors (Lipinski definition) is 6. The van der Waals surface area contributed by atoms with E-state index in [-0.39, 0.29) is 11.5 Å². The topological polar surface area (TPSA) is 77.2 Å². The molecule has 0 spiro atoms. The maximum absolute atomic E-state index is 12.9. The molecule has 10 heteroatoms. The van der Waals surface area contributed by atoms with Crippen LogP contribution in [0.25, 0.3) is 0 Å². The Balaban J connectivity index is 1.42. The van der Waals surface area contributed by atoms with Crippen molar-refractivity contribution in [3.8, 4) is 11.5 Å². The largest absolute Gasteiger partial charge is 0.450 e. The third kappa shape index (κ3) is 5.70. The fourth-order valence-electron chi connectivity index (χ4n) is 3.39. The molecule has 0 unspecified atom stereocenters. The van der Waals surface area contributed by atoms with Gasteiger partial charge >= 0.3 is 11.9 Å². The number of halogens is 3. The van der Waals surface area contributed by atoms with Gasteiger partial charge in [0.2, 0.25) is 5.75 Å². The molecule has 0 atom stereocenters. The second-order valence-corrected chi connectivity index (χ2v) is 7.48. The van der Waals surface area contributed by atoms with Crippen LogP contribution in [-0.2, 0) is 10.9 Å². The first-order valence-electron chi connectivity index (χ1n) is 10.4. The van der Waals surface area contributed by atoms with Gasteiger partial charge < -0.3 is 14.4 Å². The quantitative estimate of drug-likeness (QED) is 0.251. The second kappa shape index (κ2) is 9.92. The van der Waals surface area contributed by atoms with Gasteiger partial charge in [0, 0.05) is 31.1 Å². The Morgan fingerprint density at radius 1 is 1.00 bits per heavy atom.